The van der Waals surface area contributed by atoms with Crippen molar-refractivity contribution in [3.05, 3.63) is 12.4 Å². The van der Waals surface area contributed by atoms with Crippen LogP contribution in [0.1, 0.15) is 13.8 Å². The Kier molecular flexibility index (Phi) is 6.76. The summed E-state index contributed by atoms with van der Waals surface area (Å²) in [7, 11) is 0. The van der Waals surface area contributed by atoms with Crippen LogP contribution in [0.15, 0.2) is 12.4 Å². The Labute approximate surface area is 102 Å². The van der Waals surface area contributed by atoms with Crippen LogP contribution in [-0.2, 0) is 11.3 Å². The summed E-state index contributed by atoms with van der Waals surface area (Å²) in [5.41, 5.74) is 0. The molecule has 0 spiro atoms. The fourth-order valence-corrected chi connectivity index (χ4v) is 1.31. The second-order valence-corrected chi connectivity index (χ2v) is 4.46. The molecule has 0 saturated heterocycles. The SMILES string of the molecule is CC(C)COCC(O)CNCCn1ccnn1. The topological polar surface area (TPSA) is 72.2 Å². The number of hydrogen-bond donors (Lipinski definition) is 2. The fraction of sp³-hybridized carbons (Fsp3) is 0.818. The van der Waals surface area contributed by atoms with E-state index in [1.807, 2.05) is 6.20 Å². The number of hydrogen-bond acceptors (Lipinski definition) is 5. The third-order valence-electron chi connectivity index (χ3n) is 2.13. The smallest absolute Gasteiger partial charge is 0.0897 e. The summed E-state index contributed by atoms with van der Waals surface area (Å²) in [4.78, 5) is 0. The lowest BCUT2D eigenvalue weighted by Gasteiger charge is -2.13. The third-order valence-corrected chi connectivity index (χ3v) is 2.13. The van der Waals surface area contributed by atoms with Crippen LogP contribution in [0, 0.1) is 5.92 Å². The van der Waals surface area contributed by atoms with E-state index in [-0.39, 0.29) is 0 Å². The first kappa shape index (κ1) is 14.1. The maximum atomic E-state index is 9.60. The predicted molar refractivity (Wildman–Crippen MR) is 64.6 cm³/mol. The van der Waals surface area contributed by atoms with Gasteiger partial charge in [0.1, 0.15) is 0 Å². The molecule has 98 valence electrons. The van der Waals surface area contributed by atoms with Crippen molar-refractivity contribution in [1.82, 2.24) is 20.3 Å². The molecule has 0 aliphatic carbocycles. The molecule has 0 amide bonds. The van der Waals surface area contributed by atoms with Crippen LogP contribution >= 0.6 is 0 Å². The summed E-state index contributed by atoms with van der Waals surface area (Å²) >= 11 is 0. The molecule has 0 fully saturated rings. The molecule has 0 bridgehead atoms. The Morgan fingerprint density at radius 1 is 1.41 bits per heavy atom. The molecule has 1 aromatic rings. The van der Waals surface area contributed by atoms with E-state index in [9.17, 15) is 5.11 Å². The first-order chi connectivity index (χ1) is 8.18. The number of ether oxygens (including phenoxy) is 1. The fourth-order valence-electron chi connectivity index (χ4n) is 1.31. The molecule has 0 saturated carbocycles. The molecule has 0 radical (unpaired) electrons. The highest BCUT2D eigenvalue weighted by atomic mass is 16.5. The quantitative estimate of drug-likeness (QED) is 0.592. The molecule has 1 rings (SSSR count). The minimum atomic E-state index is -0.454. The number of nitrogens with one attached hydrogen (secondary N) is 1. The highest BCUT2D eigenvalue weighted by Gasteiger charge is 2.04. The average Bonchev–Trinajstić information content (AvgIpc) is 2.76. The predicted octanol–water partition coefficient (Wildman–Crippen LogP) is -0.0988. The zero-order valence-electron chi connectivity index (χ0n) is 10.5. The molecule has 2 N–H and O–H groups in total. The van der Waals surface area contributed by atoms with Crippen LogP contribution in [0.5, 0.6) is 0 Å². The summed E-state index contributed by atoms with van der Waals surface area (Å²) in [5, 5.41) is 20.3. The summed E-state index contributed by atoms with van der Waals surface area (Å²) < 4.78 is 7.09. The molecule has 0 aromatic carbocycles. The maximum Gasteiger partial charge on any atom is 0.0897 e. The summed E-state index contributed by atoms with van der Waals surface area (Å²) in [6, 6.07) is 0. The van der Waals surface area contributed by atoms with Gasteiger partial charge in [0.15, 0.2) is 0 Å². The van der Waals surface area contributed by atoms with E-state index in [1.54, 1.807) is 10.9 Å². The van der Waals surface area contributed by atoms with Gasteiger partial charge in [-0.15, -0.1) is 5.10 Å². The molecule has 0 aliphatic rings. The Morgan fingerprint density at radius 2 is 2.24 bits per heavy atom. The van der Waals surface area contributed by atoms with Crippen LogP contribution in [0.2, 0.25) is 0 Å². The second kappa shape index (κ2) is 8.16. The summed E-state index contributed by atoms with van der Waals surface area (Å²) in [6.07, 6.45) is 3.00. The zero-order valence-corrected chi connectivity index (χ0v) is 10.5. The number of nitrogens with zero attached hydrogens (tertiary/aromatic N) is 3. The van der Waals surface area contributed by atoms with Gasteiger partial charge in [-0.05, 0) is 5.92 Å². The van der Waals surface area contributed by atoms with Gasteiger partial charge in [0, 0.05) is 25.9 Å². The largest absolute Gasteiger partial charge is 0.389 e. The van der Waals surface area contributed by atoms with Crippen LogP contribution in [0.3, 0.4) is 0 Å². The molecular formula is C11H22N4O2. The number of aliphatic hydroxyl groups excluding tert-OH is 1. The summed E-state index contributed by atoms with van der Waals surface area (Å²) in [6.45, 7) is 7.28. The molecular weight excluding hydrogens is 220 g/mol. The van der Waals surface area contributed by atoms with Gasteiger partial charge in [-0.2, -0.15) is 0 Å². The van der Waals surface area contributed by atoms with Crippen molar-refractivity contribution in [2.45, 2.75) is 26.5 Å². The van der Waals surface area contributed by atoms with Gasteiger partial charge in [0.25, 0.3) is 0 Å². The van der Waals surface area contributed by atoms with Gasteiger partial charge < -0.3 is 15.2 Å². The van der Waals surface area contributed by atoms with E-state index < -0.39 is 6.10 Å². The molecule has 6 nitrogen and oxygen atoms in total. The van der Waals surface area contributed by atoms with Crippen molar-refractivity contribution in [2.24, 2.45) is 5.92 Å². The van der Waals surface area contributed by atoms with Gasteiger partial charge in [-0.25, -0.2) is 0 Å². The molecule has 1 unspecified atom stereocenters. The monoisotopic (exact) mass is 242 g/mol. The first-order valence-corrected chi connectivity index (χ1v) is 5.99. The van der Waals surface area contributed by atoms with Crippen molar-refractivity contribution in [3.63, 3.8) is 0 Å². The Bertz CT molecular complexity index is 277. The Hall–Kier alpha value is -0.980. The van der Waals surface area contributed by atoms with Gasteiger partial charge in [-0.3, -0.25) is 4.68 Å². The molecule has 0 aliphatic heterocycles. The first-order valence-electron chi connectivity index (χ1n) is 5.99. The Balaban J connectivity index is 1.95. The van der Waals surface area contributed by atoms with E-state index in [0.717, 1.165) is 13.1 Å². The third kappa shape index (κ3) is 7.04. The van der Waals surface area contributed by atoms with E-state index in [0.29, 0.717) is 25.7 Å². The highest BCUT2D eigenvalue weighted by Crippen LogP contribution is 1.93. The van der Waals surface area contributed by atoms with Crippen molar-refractivity contribution in [3.8, 4) is 0 Å². The lowest BCUT2D eigenvalue weighted by Crippen LogP contribution is -2.32. The number of rotatable bonds is 9. The van der Waals surface area contributed by atoms with Crippen molar-refractivity contribution >= 4 is 0 Å². The van der Waals surface area contributed by atoms with Crippen LogP contribution in [0.4, 0.5) is 0 Å². The molecule has 1 heterocycles. The van der Waals surface area contributed by atoms with E-state index in [1.165, 1.54) is 0 Å². The zero-order chi connectivity index (χ0) is 12.5. The normalized spacial score (nSPS) is 13.2. The maximum absolute atomic E-state index is 9.60. The van der Waals surface area contributed by atoms with Crippen LogP contribution in [0.25, 0.3) is 0 Å². The van der Waals surface area contributed by atoms with Gasteiger partial charge >= 0.3 is 0 Å². The molecule has 1 atom stereocenters. The minimum absolute atomic E-state index is 0.383. The van der Waals surface area contributed by atoms with Gasteiger partial charge in [0.05, 0.1) is 25.5 Å². The van der Waals surface area contributed by atoms with Crippen molar-refractivity contribution < 1.29 is 9.84 Å². The molecule has 17 heavy (non-hydrogen) atoms. The van der Waals surface area contributed by atoms with E-state index in [2.05, 4.69) is 29.5 Å². The highest BCUT2D eigenvalue weighted by molar-refractivity contribution is 4.65. The number of aliphatic hydroxyl groups is 1. The van der Waals surface area contributed by atoms with E-state index in [4.69, 9.17) is 4.74 Å². The molecule has 6 heteroatoms. The van der Waals surface area contributed by atoms with Gasteiger partial charge in [0.2, 0.25) is 0 Å². The van der Waals surface area contributed by atoms with Gasteiger partial charge in [-0.1, -0.05) is 19.1 Å². The lowest BCUT2D eigenvalue weighted by molar-refractivity contribution is 0.0261. The van der Waals surface area contributed by atoms with E-state index >= 15 is 0 Å². The van der Waals surface area contributed by atoms with Crippen LogP contribution in [-0.4, -0.2) is 52.5 Å². The van der Waals surface area contributed by atoms with Crippen LogP contribution < -0.4 is 5.32 Å². The minimum Gasteiger partial charge on any atom is -0.389 e. The van der Waals surface area contributed by atoms with Crippen molar-refractivity contribution in [2.75, 3.05) is 26.3 Å². The standard InChI is InChI=1S/C11H22N4O2/c1-10(2)8-17-9-11(16)7-12-3-5-15-6-4-13-14-15/h4,6,10-12,16H,3,5,7-9H2,1-2H3. The summed E-state index contributed by atoms with van der Waals surface area (Å²) in [5.74, 6) is 0.502. The van der Waals surface area contributed by atoms with Crippen molar-refractivity contribution in [1.29, 1.82) is 0 Å². The Morgan fingerprint density at radius 3 is 2.88 bits per heavy atom. The molecule has 1 aromatic heterocycles. The second-order valence-electron chi connectivity index (χ2n) is 4.46. The lowest BCUT2D eigenvalue weighted by atomic mass is 10.2. The average molecular weight is 242 g/mol. The number of aromatic nitrogens is 3.